The van der Waals surface area contributed by atoms with Crippen molar-refractivity contribution in [2.75, 3.05) is 13.1 Å². The zero-order valence-electron chi connectivity index (χ0n) is 14.0. The van der Waals surface area contributed by atoms with Crippen molar-refractivity contribution >= 4 is 11.8 Å². The van der Waals surface area contributed by atoms with Crippen LogP contribution in [0.1, 0.15) is 33.6 Å². The fourth-order valence-corrected chi connectivity index (χ4v) is 2.44. The maximum absolute atomic E-state index is 13.5. The number of nitrogens with zero attached hydrogens (tertiary/aromatic N) is 2. The Bertz CT molecular complexity index is 629. The first-order valence-corrected chi connectivity index (χ1v) is 7.73. The molecule has 1 aromatic rings. The van der Waals surface area contributed by atoms with Crippen molar-refractivity contribution in [1.82, 2.24) is 4.90 Å². The van der Waals surface area contributed by atoms with Gasteiger partial charge in [-0.2, -0.15) is 0 Å². The van der Waals surface area contributed by atoms with Crippen molar-refractivity contribution < 1.29 is 23.6 Å². The fourth-order valence-electron chi connectivity index (χ4n) is 2.44. The van der Waals surface area contributed by atoms with E-state index in [9.17, 15) is 19.3 Å². The van der Waals surface area contributed by atoms with Gasteiger partial charge in [0, 0.05) is 12.6 Å². The van der Waals surface area contributed by atoms with E-state index in [0.29, 0.717) is 25.9 Å². The van der Waals surface area contributed by atoms with E-state index < -0.39 is 22.4 Å². The maximum atomic E-state index is 13.5. The van der Waals surface area contributed by atoms with Gasteiger partial charge in [-0.3, -0.25) is 10.1 Å². The lowest BCUT2D eigenvalue weighted by molar-refractivity contribution is -0.385. The van der Waals surface area contributed by atoms with Crippen molar-refractivity contribution in [1.29, 1.82) is 0 Å². The Morgan fingerprint density at radius 3 is 2.71 bits per heavy atom. The zero-order chi connectivity index (χ0) is 17.9. The summed E-state index contributed by atoms with van der Waals surface area (Å²) < 4.78 is 24.4. The number of amides is 1. The van der Waals surface area contributed by atoms with Gasteiger partial charge in [0.15, 0.2) is 0 Å². The molecule has 0 aromatic heterocycles. The summed E-state index contributed by atoms with van der Waals surface area (Å²) in [5.74, 6) is -0.656. The summed E-state index contributed by atoms with van der Waals surface area (Å²) in [5.41, 5.74) is -0.960. The summed E-state index contributed by atoms with van der Waals surface area (Å²) in [5, 5.41) is 10.8. The average Bonchev–Trinajstić information content (AvgIpc) is 2.45. The van der Waals surface area contributed by atoms with Crippen molar-refractivity contribution in [2.45, 2.75) is 45.3 Å². The standard InChI is InChI=1S/C16H21FN2O5/c1-16(2,3)24-15(20)18-6-4-5-13(10-18)23-14-8-11(17)7-12(9-14)19(21)22/h7-9,13H,4-6,10H2,1-3H3. The first-order chi connectivity index (χ1) is 11.1. The topological polar surface area (TPSA) is 81.9 Å². The third-order valence-corrected chi connectivity index (χ3v) is 3.40. The SMILES string of the molecule is CC(C)(C)OC(=O)N1CCCC(Oc2cc(F)cc([N+](=O)[O-])c2)C1. The van der Waals surface area contributed by atoms with E-state index in [1.165, 1.54) is 11.0 Å². The number of ether oxygens (including phenoxy) is 2. The number of non-ortho nitro benzene ring substituents is 1. The molecule has 1 aromatic carbocycles. The summed E-state index contributed by atoms with van der Waals surface area (Å²) in [6.45, 7) is 6.20. The fraction of sp³-hybridized carbons (Fsp3) is 0.562. The molecule has 1 fully saturated rings. The molecule has 1 aliphatic rings. The first-order valence-electron chi connectivity index (χ1n) is 7.73. The monoisotopic (exact) mass is 340 g/mol. The summed E-state index contributed by atoms with van der Waals surface area (Å²) in [6, 6.07) is 3.11. The Morgan fingerprint density at radius 1 is 1.38 bits per heavy atom. The summed E-state index contributed by atoms with van der Waals surface area (Å²) in [6.07, 6.45) is 0.582. The highest BCUT2D eigenvalue weighted by Gasteiger charge is 2.28. The molecule has 132 valence electrons. The normalized spacial score (nSPS) is 18.2. The number of rotatable bonds is 3. The average molecular weight is 340 g/mol. The van der Waals surface area contributed by atoms with E-state index in [0.717, 1.165) is 12.1 Å². The molecule has 0 N–H and O–H groups in total. The van der Waals surface area contributed by atoms with E-state index in [2.05, 4.69) is 0 Å². The molecule has 0 saturated carbocycles. The van der Waals surface area contributed by atoms with Gasteiger partial charge >= 0.3 is 6.09 Å². The second-order valence-electron chi connectivity index (χ2n) is 6.71. The van der Waals surface area contributed by atoms with Gasteiger partial charge in [-0.05, 0) is 33.6 Å². The van der Waals surface area contributed by atoms with Crippen LogP contribution >= 0.6 is 0 Å². The molecule has 1 atom stereocenters. The number of hydrogen-bond donors (Lipinski definition) is 0. The largest absolute Gasteiger partial charge is 0.488 e. The molecule has 1 unspecified atom stereocenters. The van der Waals surface area contributed by atoms with Crippen LogP contribution in [-0.4, -0.2) is 40.7 Å². The molecule has 1 saturated heterocycles. The smallest absolute Gasteiger partial charge is 0.410 e. The van der Waals surface area contributed by atoms with Gasteiger partial charge in [-0.1, -0.05) is 0 Å². The lowest BCUT2D eigenvalue weighted by atomic mass is 10.1. The van der Waals surface area contributed by atoms with Gasteiger partial charge in [0.25, 0.3) is 5.69 Å². The minimum Gasteiger partial charge on any atom is -0.488 e. The number of nitro groups is 1. The van der Waals surface area contributed by atoms with E-state index in [-0.39, 0.29) is 17.5 Å². The molecule has 1 aliphatic heterocycles. The predicted octanol–water partition coefficient (Wildman–Crippen LogP) is 3.51. The Morgan fingerprint density at radius 2 is 2.08 bits per heavy atom. The highest BCUT2D eigenvalue weighted by molar-refractivity contribution is 5.68. The number of piperidine rings is 1. The van der Waals surface area contributed by atoms with Gasteiger partial charge < -0.3 is 14.4 Å². The molecule has 0 radical (unpaired) electrons. The second-order valence-corrected chi connectivity index (χ2v) is 6.71. The summed E-state index contributed by atoms with van der Waals surface area (Å²) in [4.78, 5) is 23.8. The van der Waals surface area contributed by atoms with Crippen LogP contribution in [0.5, 0.6) is 5.75 Å². The molecular weight excluding hydrogens is 319 g/mol. The Hall–Kier alpha value is -2.38. The molecule has 0 spiro atoms. The van der Waals surface area contributed by atoms with Gasteiger partial charge in [0.2, 0.25) is 0 Å². The molecule has 2 rings (SSSR count). The first kappa shape index (κ1) is 18.0. The van der Waals surface area contributed by atoms with Crippen LogP contribution in [0.25, 0.3) is 0 Å². The number of nitro benzene ring substituents is 1. The Kier molecular flexibility index (Phi) is 5.26. The van der Waals surface area contributed by atoms with Crippen molar-refractivity contribution in [3.05, 3.63) is 34.1 Å². The van der Waals surface area contributed by atoms with Crippen molar-refractivity contribution in [3.63, 3.8) is 0 Å². The molecule has 1 amide bonds. The quantitative estimate of drug-likeness (QED) is 0.621. The van der Waals surface area contributed by atoms with Crippen LogP contribution in [0.3, 0.4) is 0 Å². The van der Waals surface area contributed by atoms with Gasteiger partial charge in [-0.15, -0.1) is 0 Å². The van der Waals surface area contributed by atoms with Crippen molar-refractivity contribution in [2.24, 2.45) is 0 Å². The van der Waals surface area contributed by atoms with Crippen molar-refractivity contribution in [3.8, 4) is 5.75 Å². The number of hydrogen-bond acceptors (Lipinski definition) is 5. The second kappa shape index (κ2) is 7.02. The third-order valence-electron chi connectivity index (χ3n) is 3.40. The zero-order valence-corrected chi connectivity index (χ0v) is 14.0. The molecule has 24 heavy (non-hydrogen) atoms. The van der Waals surface area contributed by atoms with E-state index in [4.69, 9.17) is 9.47 Å². The highest BCUT2D eigenvalue weighted by Crippen LogP contribution is 2.25. The molecule has 7 nitrogen and oxygen atoms in total. The maximum Gasteiger partial charge on any atom is 0.410 e. The van der Waals surface area contributed by atoms with Gasteiger partial charge in [0.1, 0.15) is 23.3 Å². The van der Waals surface area contributed by atoms with Gasteiger partial charge in [0.05, 0.1) is 23.6 Å². The van der Waals surface area contributed by atoms with Crippen LogP contribution in [0.15, 0.2) is 18.2 Å². The Balaban J connectivity index is 2.03. The lowest BCUT2D eigenvalue weighted by Crippen LogP contribution is -2.46. The molecule has 0 aliphatic carbocycles. The van der Waals surface area contributed by atoms with Crippen LogP contribution < -0.4 is 4.74 Å². The number of halogens is 1. The number of likely N-dealkylation sites (tertiary alicyclic amines) is 1. The minimum atomic E-state index is -0.737. The number of carbonyl (C=O) groups is 1. The lowest BCUT2D eigenvalue weighted by Gasteiger charge is -2.34. The van der Waals surface area contributed by atoms with E-state index in [1.807, 2.05) is 0 Å². The molecule has 0 bridgehead atoms. The number of carbonyl (C=O) groups excluding carboxylic acids is 1. The molecular formula is C16H21FN2O5. The Labute approximate surface area is 139 Å². The summed E-state index contributed by atoms with van der Waals surface area (Å²) in [7, 11) is 0. The highest BCUT2D eigenvalue weighted by atomic mass is 19.1. The predicted molar refractivity (Wildman–Crippen MR) is 84.5 cm³/mol. The summed E-state index contributed by atoms with van der Waals surface area (Å²) >= 11 is 0. The molecule has 1 heterocycles. The molecule has 8 heteroatoms. The van der Waals surface area contributed by atoms with E-state index >= 15 is 0 Å². The van der Waals surface area contributed by atoms with Gasteiger partial charge in [-0.25, -0.2) is 9.18 Å². The third kappa shape index (κ3) is 5.07. The number of benzene rings is 1. The van der Waals surface area contributed by atoms with Crippen LogP contribution in [0, 0.1) is 15.9 Å². The van der Waals surface area contributed by atoms with Crippen LogP contribution in [0.2, 0.25) is 0 Å². The minimum absolute atomic E-state index is 0.0812. The van der Waals surface area contributed by atoms with E-state index in [1.54, 1.807) is 20.8 Å². The van der Waals surface area contributed by atoms with Crippen LogP contribution in [0.4, 0.5) is 14.9 Å². The van der Waals surface area contributed by atoms with Crippen LogP contribution in [-0.2, 0) is 4.74 Å².